The first-order chi connectivity index (χ1) is 13.8. The minimum absolute atomic E-state index is 0.0663. The molecule has 0 aliphatic carbocycles. The van der Waals surface area contributed by atoms with Gasteiger partial charge in [-0.15, -0.1) is 0 Å². The Morgan fingerprint density at radius 1 is 1.17 bits per heavy atom. The molecule has 3 rings (SSSR count). The fraction of sp³-hybridized carbons (Fsp3) is 0.556. The number of benzene rings is 1. The maximum atomic E-state index is 12.7. The van der Waals surface area contributed by atoms with Gasteiger partial charge in [-0.05, 0) is 31.0 Å². The summed E-state index contributed by atoms with van der Waals surface area (Å²) in [7, 11) is -3.66. The summed E-state index contributed by atoms with van der Waals surface area (Å²) in [5.74, 6) is -0.537. The van der Waals surface area contributed by atoms with Crippen molar-refractivity contribution in [2.24, 2.45) is 11.7 Å². The van der Waals surface area contributed by atoms with Crippen molar-refractivity contribution in [2.75, 3.05) is 46.0 Å². The first kappa shape index (κ1) is 21.8. The second kappa shape index (κ2) is 9.29. The number of nitrogens with two attached hydrogens (primary N) is 1. The van der Waals surface area contributed by atoms with Gasteiger partial charge in [0.1, 0.15) is 5.75 Å². The topological polar surface area (TPSA) is 119 Å². The van der Waals surface area contributed by atoms with Crippen molar-refractivity contribution in [3.63, 3.8) is 0 Å². The Morgan fingerprint density at radius 2 is 1.83 bits per heavy atom. The monoisotopic (exact) mass is 445 g/mol. The first-order valence-corrected chi connectivity index (χ1v) is 11.2. The lowest BCUT2D eigenvalue weighted by molar-refractivity contribution is -0.136. The number of likely N-dealkylation sites (tertiary alicyclic amines) is 1. The van der Waals surface area contributed by atoms with Crippen molar-refractivity contribution < 1.29 is 27.5 Å². The number of hydrogen-bond donors (Lipinski definition) is 1. The van der Waals surface area contributed by atoms with Crippen molar-refractivity contribution in [2.45, 2.75) is 17.7 Å². The number of amides is 2. The van der Waals surface area contributed by atoms with Gasteiger partial charge in [0.05, 0.1) is 23.1 Å². The molecular weight excluding hydrogens is 422 g/mol. The largest absolute Gasteiger partial charge is 0.482 e. The van der Waals surface area contributed by atoms with Crippen molar-refractivity contribution in [3.8, 4) is 5.75 Å². The van der Waals surface area contributed by atoms with Gasteiger partial charge in [-0.3, -0.25) is 9.59 Å². The molecule has 1 aromatic carbocycles. The lowest BCUT2D eigenvalue weighted by atomic mass is 9.96. The predicted octanol–water partition coefficient (Wildman–Crippen LogP) is 0.464. The molecule has 2 N–H and O–H groups in total. The van der Waals surface area contributed by atoms with Crippen molar-refractivity contribution in [1.82, 2.24) is 9.21 Å². The third-order valence-electron chi connectivity index (χ3n) is 5.11. The Bertz CT molecular complexity index is 864. The lowest BCUT2D eigenvalue weighted by Crippen LogP contribution is -2.43. The van der Waals surface area contributed by atoms with Gasteiger partial charge in [0.2, 0.25) is 15.9 Å². The summed E-state index contributed by atoms with van der Waals surface area (Å²) < 4.78 is 37.4. The highest BCUT2D eigenvalue weighted by Gasteiger charge is 2.28. The van der Waals surface area contributed by atoms with Crippen LogP contribution < -0.4 is 10.5 Å². The van der Waals surface area contributed by atoms with Crippen LogP contribution in [0.15, 0.2) is 23.1 Å². The molecule has 0 bridgehead atoms. The fourth-order valence-corrected chi connectivity index (χ4v) is 5.07. The van der Waals surface area contributed by atoms with Crippen LogP contribution in [0, 0.1) is 5.92 Å². The average molecular weight is 446 g/mol. The molecule has 1 aromatic rings. The van der Waals surface area contributed by atoms with E-state index in [1.165, 1.54) is 22.5 Å². The summed E-state index contributed by atoms with van der Waals surface area (Å²) in [4.78, 5) is 25.2. The highest BCUT2D eigenvalue weighted by Crippen LogP contribution is 2.29. The van der Waals surface area contributed by atoms with Gasteiger partial charge in [-0.25, -0.2) is 8.42 Å². The number of nitrogens with zero attached hydrogens (tertiary/aromatic N) is 2. The van der Waals surface area contributed by atoms with Crippen LogP contribution in [0.25, 0.3) is 0 Å². The standard InChI is InChI=1S/C18H24ClN3O6S/c19-15-11-14(29(25,26)22-7-9-27-10-8-22)1-2-16(15)28-12-17(23)21-5-3-13(4-6-21)18(20)24/h1-2,11,13H,3-10,12H2,(H2,20,24). The second-order valence-electron chi connectivity index (χ2n) is 6.95. The van der Waals surface area contributed by atoms with Gasteiger partial charge in [-0.1, -0.05) is 11.6 Å². The third-order valence-corrected chi connectivity index (χ3v) is 7.30. The molecule has 0 unspecified atom stereocenters. The molecular formula is C18H24ClN3O6S. The number of rotatable bonds is 6. The highest BCUT2D eigenvalue weighted by molar-refractivity contribution is 7.89. The van der Waals surface area contributed by atoms with Crippen LogP contribution in [-0.2, 0) is 24.3 Å². The number of carbonyl (C=O) groups is 2. The summed E-state index contributed by atoms with van der Waals surface area (Å²) in [6.45, 7) is 1.95. The van der Waals surface area contributed by atoms with E-state index in [0.29, 0.717) is 52.2 Å². The van der Waals surface area contributed by atoms with Crippen LogP contribution >= 0.6 is 11.6 Å². The maximum absolute atomic E-state index is 12.7. The molecule has 29 heavy (non-hydrogen) atoms. The Hall–Kier alpha value is -1.88. The van der Waals surface area contributed by atoms with E-state index in [0.717, 1.165) is 0 Å². The van der Waals surface area contributed by atoms with Crippen molar-refractivity contribution >= 4 is 33.4 Å². The van der Waals surface area contributed by atoms with Crippen LogP contribution in [0.3, 0.4) is 0 Å². The highest BCUT2D eigenvalue weighted by atomic mass is 35.5. The van der Waals surface area contributed by atoms with E-state index in [2.05, 4.69) is 0 Å². The van der Waals surface area contributed by atoms with Crippen molar-refractivity contribution in [3.05, 3.63) is 23.2 Å². The molecule has 0 spiro atoms. The summed E-state index contributed by atoms with van der Waals surface area (Å²) in [6.07, 6.45) is 1.08. The van der Waals surface area contributed by atoms with Crippen molar-refractivity contribution in [1.29, 1.82) is 0 Å². The molecule has 2 heterocycles. The quantitative estimate of drug-likeness (QED) is 0.679. The molecule has 0 radical (unpaired) electrons. The van der Waals surface area contributed by atoms with Gasteiger partial charge in [0.25, 0.3) is 5.91 Å². The minimum Gasteiger partial charge on any atom is -0.482 e. The molecule has 2 aliphatic rings. The Labute approximate surface area is 174 Å². The molecule has 2 aliphatic heterocycles. The SMILES string of the molecule is NC(=O)C1CCN(C(=O)COc2ccc(S(=O)(=O)N3CCOCC3)cc2Cl)CC1. The molecule has 2 amide bonds. The van der Waals surface area contributed by atoms with E-state index in [4.69, 9.17) is 26.8 Å². The van der Waals surface area contributed by atoms with Gasteiger partial charge in [-0.2, -0.15) is 4.31 Å². The summed E-state index contributed by atoms with van der Waals surface area (Å²) in [5.41, 5.74) is 5.30. The predicted molar refractivity (Wildman–Crippen MR) is 105 cm³/mol. The molecule has 0 atom stereocenters. The van der Waals surface area contributed by atoms with Crippen LogP contribution in [0.2, 0.25) is 5.02 Å². The van der Waals surface area contributed by atoms with E-state index < -0.39 is 10.0 Å². The fourth-order valence-electron chi connectivity index (χ4n) is 3.34. The summed E-state index contributed by atoms with van der Waals surface area (Å²) in [6, 6.07) is 4.18. The summed E-state index contributed by atoms with van der Waals surface area (Å²) >= 11 is 6.19. The van der Waals surface area contributed by atoms with Crippen LogP contribution in [0.4, 0.5) is 0 Å². The normalized spacial score (nSPS) is 19.1. The molecule has 2 saturated heterocycles. The first-order valence-electron chi connectivity index (χ1n) is 9.36. The van der Waals surface area contributed by atoms with E-state index in [1.807, 2.05) is 0 Å². The molecule has 0 aromatic heterocycles. The number of piperidine rings is 1. The molecule has 11 heteroatoms. The number of primary amides is 1. The molecule has 0 saturated carbocycles. The Morgan fingerprint density at radius 3 is 2.41 bits per heavy atom. The summed E-state index contributed by atoms with van der Waals surface area (Å²) in [5, 5.41) is 0.111. The average Bonchev–Trinajstić information content (AvgIpc) is 2.73. The number of hydrogen-bond acceptors (Lipinski definition) is 6. The van der Waals surface area contributed by atoms with Gasteiger partial charge in [0, 0.05) is 32.1 Å². The Kier molecular flexibility index (Phi) is 6.99. The van der Waals surface area contributed by atoms with Gasteiger partial charge >= 0.3 is 0 Å². The van der Waals surface area contributed by atoms with Crippen LogP contribution in [-0.4, -0.2) is 75.4 Å². The van der Waals surface area contributed by atoms with Crippen LogP contribution in [0.5, 0.6) is 5.75 Å². The third kappa shape index (κ3) is 5.19. The number of halogens is 1. The number of morpholine rings is 1. The van der Waals surface area contributed by atoms with E-state index in [9.17, 15) is 18.0 Å². The minimum atomic E-state index is -3.66. The Balaban J connectivity index is 1.58. The zero-order valence-corrected chi connectivity index (χ0v) is 17.5. The van der Waals surface area contributed by atoms with Crippen LogP contribution in [0.1, 0.15) is 12.8 Å². The number of carbonyl (C=O) groups excluding carboxylic acids is 2. The zero-order chi connectivity index (χ0) is 21.0. The smallest absolute Gasteiger partial charge is 0.260 e. The molecule has 160 valence electrons. The van der Waals surface area contributed by atoms with Gasteiger partial charge in [0.15, 0.2) is 6.61 Å². The van der Waals surface area contributed by atoms with E-state index in [-0.39, 0.29) is 40.0 Å². The number of ether oxygens (including phenoxy) is 2. The van der Waals surface area contributed by atoms with E-state index in [1.54, 1.807) is 4.90 Å². The molecule has 2 fully saturated rings. The maximum Gasteiger partial charge on any atom is 0.260 e. The van der Waals surface area contributed by atoms with E-state index >= 15 is 0 Å². The number of sulfonamides is 1. The zero-order valence-electron chi connectivity index (χ0n) is 15.9. The lowest BCUT2D eigenvalue weighted by Gasteiger charge is -2.30. The molecule has 9 nitrogen and oxygen atoms in total. The second-order valence-corrected chi connectivity index (χ2v) is 9.30. The van der Waals surface area contributed by atoms with Gasteiger partial charge < -0.3 is 20.1 Å².